The summed E-state index contributed by atoms with van der Waals surface area (Å²) in [6.45, 7) is 0.670. The van der Waals surface area contributed by atoms with Gasteiger partial charge in [-0.05, 0) is 11.6 Å². The van der Waals surface area contributed by atoms with E-state index in [2.05, 4.69) is 11.2 Å². The number of hydrazone groups is 1. The van der Waals surface area contributed by atoms with Gasteiger partial charge < -0.3 is 0 Å². The van der Waals surface area contributed by atoms with E-state index in [9.17, 15) is 0 Å². The summed E-state index contributed by atoms with van der Waals surface area (Å²) in [5, 5.41) is 5.34. The molecule has 0 aliphatic carbocycles. The highest BCUT2D eigenvalue weighted by molar-refractivity contribution is 5.81. The van der Waals surface area contributed by atoms with Gasteiger partial charge in [-0.1, -0.05) is 18.2 Å². The van der Waals surface area contributed by atoms with Gasteiger partial charge in [-0.2, -0.15) is 5.10 Å². The standard InChI is InChI=1S/C8H8N3/c9-11-6-8-4-2-1-3-7(8)5-10-11/h1-2,4-5H,6,9H2. The zero-order valence-corrected chi connectivity index (χ0v) is 5.99. The first-order valence-electron chi connectivity index (χ1n) is 3.42. The van der Waals surface area contributed by atoms with Crippen molar-refractivity contribution in [3.63, 3.8) is 0 Å². The average Bonchev–Trinajstić information content (AvgIpc) is 2.04. The SMILES string of the molecule is NN1Cc2ccc[c]c2C=N1. The number of hydrogen-bond acceptors (Lipinski definition) is 3. The lowest BCUT2D eigenvalue weighted by Crippen LogP contribution is -2.27. The summed E-state index contributed by atoms with van der Waals surface area (Å²) in [6, 6.07) is 8.92. The molecule has 55 valence electrons. The van der Waals surface area contributed by atoms with Gasteiger partial charge in [0.1, 0.15) is 0 Å². The van der Waals surface area contributed by atoms with Crippen LogP contribution in [-0.2, 0) is 6.54 Å². The Kier molecular flexibility index (Phi) is 1.36. The lowest BCUT2D eigenvalue weighted by molar-refractivity contribution is 0.287. The van der Waals surface area contributed by atoms with Crippen molar-refractivity contribution in [1.82, 2.24) is 5.12 Å². The van der Waals surface area contributed by atoms with E-state index in [1.807, 2.05) is 18.2 Å². The molecule has 0 fully saturated rings. The molecule has 11 heavy (non-hydrogen) atoms. The third-order valence-corrected chi connectivity index (χ3v) is 1.65. The third-order valence-electron chi connectivity index (χ3n) is 1.65. The molecule has 1 radical (unpaired) electrons. The summed E-state index contributed by atoms with van der Waals surface area (Å²) in [7, 11) is 0. The van der Waals surface area contributed by atoms with Gasteiger partial charge in [-0.3, -0.25) is 0 Å². The van der Waals surface area contributed by atoms with E-state index in [0.717, 1.165) is 5.56 Å². The van der Waals surface area contributed by atoms with Gasteiger partial charge >= 0.3 is 0 Å². The van der Waals surface area contributed by atoms with Crippen LogP contribution in [0.3, 0.4) is 0 Å². The summed E-state index contributed by atoms with van der Waals surface area (Å²) in [6.07, 6.45) is 1.72. The van der Waals surface area contributed by atoms with E-state index in [-0.39, 0.29) is 0 Å². The van der Waals surface area contributed by atoms with Crippen molar-refractivity contribution >= 4 is 6.21 Å². The van der Waals surface area contributed by atoms with E-state index < -0.39 is 0 Å². The molecule has 0 atom stereocenters. The van der Waals surface area contributed by atoms with E-state index in [1.165, 1.54) is 10.7 Å². The van der Waals surface area contributed by atoms with Crippen LogP contribution in [0.25, 0.3) is 0 Å². The summed E-state index contributed by atoms with van der Waals surface area (Å²) >= 11 is 0. The highest BCUT2D eigenvalue weighted by Gasteiger charge is 2.06. The number of nitrogens with two attached hydrogens (primary N) is 1. The van der Waals surface area contributed by atoms with E-state index >= 15 is 0 Å². The quantitative estimate of drug-likeness (QED) is 0.542. The lowest BCUT2D eigenvalue weighted by atomic mass is 10.1. The van der Waals surface area contributed by atoms with Crippen molar-refractivity contribution in [2.75, 3.05) is 0 Å². The Bertz CT molecular complexity index is 293. The first-order valence-corrected chi connectivity index (χ1v) is 3.42. The highest BCUT2D eigenvalue weighted by Crippen LogP contribution is 2.11. The second kappa shape index (κ2) is 2.36. The lowest BCUT2D eigenvalue weighted by Gasteiger charge is -2.17. The molecule has 0 spiro atoms. The van der Waals surface area contributed by atoms with Crippen LogP contribution in [0.5, 0.6) is 0 Å². The molecule has 0 aromatic heterocycles. The van der Waals surface area contributed by atoms with Gasteiger partial charge in [0.25, 0.3) is 0 Å². The maximum absolute atomic E-state index is 5.47. The van der Waals surface area contributed by atoms with Crippen molar-refractivity contribution in [3.05, 3.63) is 35.4 Å². The van der Waals surface area contributed by atoms with Crippen molar-refractivity contribution in [2.24, 2.45) is 10.9 Å². The molecule has 1 heterocycles. The van der Waals surface area contributed by atoms with Crippen LogP contribution < -0.4 is 5.84 Å². The predicted octanol–water partition coefficient (Wildman–Crippen LogP) is 0.510. The maximum atomic E-state index is 5.47. The molecule has 1 aliphatic rings. The number of rotatable bonds is 0. The molecule has 1 aromatic carbocycles. The van der Waals surface area contributed by atoms with E-state index in [0.29, 0.717) is 6.54 Å². The van der Waals surface area contributed by atoms with Crippen LogP contribution in [0, 0.1) is 6.07 Å². The minimum Gasteiger partial charge on any atom is -0.231 e. The Hall–Kier alpha value is -1.35. The fraction of sp³-hybridized carbons (Fsp3) is 0.125. The fourth-order valence-electron chi connectivity index (χ4n) is 1.09. The number of hydrazine groups is 1. The van der Waals surface area contributed by atoms with Crippen molar-refractivity contribution < 1.29 is 0 Å². The van der Waals surface area contributed by atoms with Gasteiger partial charge in [0, 0.05) is 5.56 Å². The van der Waals surface area contributed by atoms with Gasteiger partial charge in [-0.15, -0.1) is 0 Å². The maximum Gasteiger partial charge on any atom is 0.0787 e. The largest absolute Gasteiger partial charge is 0.231 e. The molecule has 1 aromatic rings. The predicted molar refractivity (Wildman–Crippen MR) is 42.6 cm³/mol. The van der Waals surface area contributed by atoms with Gasteiger partial charge in [0.2, 0.25) is 0 Å². The zero-order valence-electron chi connectivity index (χ0n) is 5.99. The Morgan fingerprint density at radius 1 is 1.64 bits per heavy atom. The Morgan fingerprint density at radius 3 is 3.45 bits per heavy atom. The number of fused-ring (bicyclic) bond motifs is 1. The zero-order chi connectivity index (χ0) is 7.68. The molecule has 0 bridgehead atoms. The van der Waals surface area contributed by atoms with Crippen molar-refractivity contribution in [1.29, 1.82) is 0 Å². The van der Waals surface area contributed by atoms with Gasteiger partial charge in [0.15, 0.2) is 0 Å². The second-order valence-electron chi connectivity index (χ2n) is 2.45. The second-order valence-corrected chi connectivity index (χ2v) is 2.45. The molecule has 3 heteroatoms. The molecule has 0 unspecified atom stereocenters. The van der Waals surface area contributed by atoms with E-state index in [1.54, 1.807) is 6.21 Å². The Labute approximate surface area is 65.1 Å². The molecule has 0 saturated heterocycles. The van der Waals surface area contributed by atoms with Crippen LogP contribution in [0.4, 0.5) is 0 Å². The minimum atomic E-state index is 0.670. The Balaban J connectivity index is 2.46. The topological polar surface area (TPSA) is 41.6 Å². The van der Waals surface area contributed by atoms with Crippen molar-refractivity contribution in [3.8, 4) is 0 Å². The first-order chi connectivity index (χ1) is 5.36. The summed E-state index contributed by atoms with van der Waals surface area (Å²) in [4.78, 5) is 0. The van der Waals surface area contributed by atoms with Crippen LogP contribution >= 0.6 is 0 Å². The minimum absolute atomic E-state index is 0.670. The van der Waals surface area contributed by atoms with Crippen LogP contribution in [0.1, 0.15) is 11.1 Å². The van der Waals surface area contributed by atoms with Gasteiger partial charge in [0.05, 0.1) is 12.8 Å². The summed E-state index contributed by atoms with van der Waals surface area (Å²) in [5.74, 6) is 5.47. The molecule has 2 N–H and O–H groups in total. The number of benzene rings is 1. The van der Waals surface area contributed by atoms with E-state index in [4.69, 9.17) is 5.84 Å². The number of nitrogens with zero attached hydrogens (tertiary/aromatic N) is 2. The summed E-state index contributed by atoms with van der Waals surface area (Å²) in [5.41, 5.74) is 2.21. The summed E-state index contributed by atoms with van der Waals surface area (Å²) < 4.78 is 0. The molecular weight excluding hydrogens is 138 g/mol. The van der Waals surface area contributed by atoms with Crippen LogP contribution in [0.2, 0.25) is 0 Å². The van der Waals surface area contributed by atoms with Crippen molar-refractivity contribution in [2.45, 2.75) is 6.54 Å². The highest BCUT2D eigenvalue weighted by atomic mass is 15.6. The third kappa shape index (κ3) is 1.10. The molecule has 0 amide bonds. The monoisotopic (exact) mass is 146 g/mol. The number of hydrogen-bond donors (Lipinski definition) is 1. The molecule has 2 rings (SSSR count). The molecular formula is C8H8N3. The average molecular weight is 146 g/mol. The van der Waals surface area contributed by atoms with Crippen LogP contribution in [0.15, 0.2) is 23.3 Å². The normalized spacial score (nSPS) is 14.8. The van der Waals surface area contributed by atoms with Crippen LogP contribution in [-0.4, -0.2) is 11.3 Å². The smallest absolute Gasteiger partial charge is 0.0787 e. The van der Waals surface area contributed by atoms with Gasteiger partial charge in [-0.25, -0.2) is 11.0 Å². The first kappa shape index (κ1) is 6.37. The molecule has 1 aliphatic heterocycles. The molecule has 0 saturated carbocycles. The molecule has 3 nitrogen and oxygen atoms in total. The fourth-order valence-corrected chi connectivity index (χ4v) is 1.09. The Morgan fingerprint density at radius 2 is 2.55 bits per heavy atom.